The SMILES string of the molecule is CC(=O)c1cc(C(C)(C)C)cc2c1[C@@H](O[C@@H]1CCCC[C@H]1CNC(=O)OC(C)(C)C)CC2(C)C. The zero-order valence-electron chi connectivity index (χ0n) is 22.8. The van der Waals surface area contributed by atoms with Gasteiger partial charge in [0.2, 0.25) is 0 Å². The number of fused-ring (bicyclic) bond motifs is 1. The molecule has 2 aliphatic carbocycles. The molecule has 0 aliphatic heterocycles. The van der Waals surface area contributed by atoms with Crippen molar-refractivity contribution in [3.8, 4) is 0 Å². The largest absolute Gasteiger partial charge is 0.444 e. The minimum atomic E-state index is -0.513. The number of benzene rings is 1. The number of hydrogen-bond donors (Lipinski definition) is 1. The standard InChI is InChI=1S/C29H45NO4/c1-18(31)21-14-20(27(2,3)4)15-22-25(21)24(16-29(22,8)9)33-23-13-11-10-12-19(23)17-30-26(32)34-28(5,6)7/h14-15,19,23-24H,10-13,16-17H2,1-9H3,(H,30,32)/t19-,23+,24-/m0/s1. The van der Waals surface area contributed by atoms with E-state index in [1.165, 1.54) is 11.1 Å². The molecule has 1 saturated carbocycles. The summed E-state index contributed by atoms with van der Waals surface area (Å²) in [6.45, 7) is 18.9. The second-order valence-corrected chi connectivity index (χ2v) is 13.0. The number of carbonyl (C=O) groups excluding carboxylic acids is 2. The van der Waals surface area contributed by atoms with E-state index in [1.54, 1.807) is 6.92 Å². The number of Topliss-reactive ketones (excluding diaryl/α,β-unsaturated/α-hetero) is 1. The Morgan fingerprint density at radius 2 is 1.71 bits per heavy atom. The maximum Gasteiger partial charge on any atom is 0.407 e. The predicted octanol–water partition coefficient (Wildman–Crippen LogP) is 7.01. The summed E-state index contributed by atoms with van der Waals surface area (Å²) in [4.78, 5) is 25.0. The lowest BCUT2D eigenvalue weighted by Gasteiger charge is -2.34. The number of ketones is 1. The van der Waals surface area contributed by atoms with Gasteiger partial charge < -0.3 is 14.8 Å². The van der Waals surface area contributed by atoms with Crippen molar-refractivity contribution in [1.29, 1.82) is 0 Å². The smallest absolute Gasteiger partial charge is 0.407 e. The van der Waals surface area contributed by atoms with Crippen molar-refractivity contribution < 1.29 is 19.1 Å². The number of alkyl carbamates (subject to hydrolysis) is 1. The number of hydrogen-bond acceptors (Lipinski definition) is 4. The van der Waals surface area contributed by atoms with Crippen LogP contribution in [0.25, 0.3) is 0 Å². The molecule has 3 rings (SSSR count). The predicted molar refractivity (Wildman–Crippen MR) is 137 cm³/mol. The van der Waals surface area contributed by atoms with Crippen LogP contribution in [-0.4, -0.2) is 30.1 Å². The minimum Gasteiger partial charge on any atom is -0.444 e. The molecule has 0 aromatic heterocycles. The first-order valence-electron chi connectivity index (χ1n) is 12.9. The molecule has 0 heterocycles. The molecular weight excluding hydrogens is 426 g/mol. The fourth-order valence-electron chi connectivity index (χ4n) is 5.40. The molecule has 2 aliphatic rings. The van der Waals surface area contributed by atoms with Crippen LogP contribution in [0.5, 0.6) is 0 Å². The van der Waals surface area contributed by atoms with Crippen molar-refractivity contribution in [1.82, 2.24) is 5.32 Å². The number of rotatable bonds is 5. The van der Waals surface area contributed by atoms with Gasteiger partial charge in [-0.3, -0.25) is 4.79 Å². The highest BCUT2D eigenvalue weighted by atomic mass is 16.6. The molecule has 1 amide bonds. The molecular formula is C29H45NO4. The average Bonchev–Trinajstić information content (AvgIpc) is 2.94. The van der Waals surface area contributed by atoms with Gasteiger partial charge in [-0.05, 0) is 80.5 Å². The van der Waals surface area contributed by atoms with Crippen LogP contribution < -0.4 is 5.32 Å². The molecule has 1 N–H and O–H groups in total. The molecule has 0 unspecified atom stereocenters. The summed E-state index contributed by atoms with van der Waals surface area (Å²) in [5.41, 5.74) is 3.71. The molecule has 0 bridgehead atoms. The van der Waals surface area contributed by atoms with Gasteiger partial charge in [0, 0.05) is 18.0 Å². The van der Waals surface area contributed by atoms with E-state index in [0.29, 0.717) is 6.54 Å². The van der Waals surface area contributed by atoms with Crippen LogP contribution in [0.1, 0.15) is 128 Å². The fraction of sp³-hybridized carbons (Fsp3) is 0.724. The zero-order valence-corrected chi connectivity index (χ0v) is 22.8. The summed E-state index contributed by atoms with van der Waals surface area (Å²) in [5, 5.41) is 2.96. The van der Waals surface area contributed by atoms with Gasteiger partial charge in [0.15, 0.2) is 5.78 Å². The van der Waals surface area contributed by atoms with Crippen LogP contribution in [0.15, 0.2) is 12.1 Å². The Kier molecular flexibility index (Phi) is 7.58. The van der Waals surface area contributed by atoms with Gasteiger partial charge in [-0.2, -0.15) is 0 Å². The Bertz CT molecular complexity index is 919. The average molecular weight is 472 g/mol. The summed E-state index contributed by atoms with van der Waals surface area (Å²) in [7, 11) is 0. The maximum atomic E-state index is 12.8. The van der Waals surface area contributed by atoms with Crippen molar-refractivity contribution in [2.24, 2.45) is 5.92 Å². The number of nitrogens with one attached hydrogen (secondary N) is 1. The van der Waals surface area contributed by atoms with Crippen LogP contribution >= 0.6 is 0 Å². The molecule has 1 aromatic carbocycles. The first kappa shape index (κ1) is 26.7. The summed E-state index contributed by atoms with van der Waals surface area (Å²) < 4.78 is 12.3. The normalized spacial score (nSPS) is 24.4. The third kappa shape index (κ3) is 6.21. The zero-order chi connectivity index (χ0) is 25.5. The van der Waals surface area contributed by atoms with E-state index >= 15 is 0 Å². The van der Waals surface area contributed by atoms with Crippen LogP contribution in [0.2, 0.25) is 0 Å². The van der Waals surface area contributed by atoms with E-state index in [1.807, 2.05) is 20.8 Å². The van der Waals surface area contributed by atoms with E-state index in [0.717, 1.165) is 43.2 Å². The third-order valence-electron chi connectivity index (χ3n) is 7.26. The van der Waals surface area contributed by atoms with Gasteiger partial charge in [0.1, 0.15) is 5.60 Å². The van der Waals surface area contributed by atoms with Crippen molar-refractivity contribution in [2.45, 2.75) is 123 Å². The van der Waals surface area contributed by atoms with E-state index in [4.69, 9.17) is 9.47 Å². The summed E-state index contributed by atoms with van der Waals surface area (Å²) in [5.74, 6) is 0.337. The molecule has 0 radical (unpaired) electrons. The first-order valence-corrected chi connectivity index (χ1v) is 12.9. The van der Waals surface area contributed by atoms with E-state index in [9.17, 15) is 9.59 Å². The topological polar surface area (TPSA) is 64.6 Å². The van der Waals surface area contributed by atoms with Crippen molar-refractivity contribution in [2.75, 3.05) is 6.54 Å². The Balaban J connectivity index is 1.84. The van der Waals surface area contributed by atoms with Crippen molar-refractivity contribution in [3.63, 3.8) is 0 Å². The summed E-state index contributed by atoms with van der Waals surface area (Å²) in [6.07, 6.45) is 4.69. The molecule has 190 valence electrons. The lowest BCUT2D eigenvalue weighted by Crippen LogP contribution is -2.40. The van der Waals surface area contributed by atoms with Gasteiger partial charge in [-0.15, -0.1) is 0 Å². The molecule has 0 saturated heterocycles. The van der Waals surface area contributed by atoms with E-state index in [-0.39, 0.29) is 40.8 Å². The highest BCUT2D eigenvalue weighted by Gasteiger charge is 2.42. The number of carbonyl (C=O) groups is 2. The summed E-state index contributed by atoms with van der Waals surface area (Å²) >= 11 is 0. The maximum absolute atomic E-state index is 12.8. The van der Waals surface area contributed by atoms with Crippen LogP contribution in [-0.2, 0) is 20.3 Å². The van der Waals surface area contributed by atoms with Gasteiger partial charge in [-0.1, -0.05) is 53.5 Å². The molecule has 1 aromatic rings. The Labute approximate surface area is 206 Å². The molecule has 1 fully saturated rings. The van der Waals surface area contributed by atoms with E-state index < -0.39 is 5.60 Å². The monoisotopic (exact) mass is 471 g/mol. The van der Waals surface area contributed by atoms with Gasteiger partial charge in [0.05, 0.1) is 12.2 Å². The van der Waals surface area contributed by atoms with Gasteiger partial charge in [-0.25, -0.2) is 4.79 Å². The molecule has 5 nitrogen and oxygen atoms in total. The Hall–Kier alpha value is -1.88. The third-order valence-corrected chi connectivity index (χ3v) is 7.26. The highest BCUT2D eigenvalue weighted by molar-refractivity contribution is 5.96. The van der Waals surface area contributed by atoms with Crippen LogP contribution in [0, 0.1) is 5.92 Å². The first-order chi connectivity index (χ1) is 15.6. The Morgan fingerprint density at radius 1 is 1.06 bits per heavy atom. The second kappa shape index (κ2) is 9.64. The summed E-state index contributed by atoms with van der Waals surface area (Å²) in [6, 6.07) is 4.38. The van der Waals surface area contributed by atoms with Crippen LogP contribution in [0.4, 0.5) is 4.79 Å². The number of amides is 1. The van der Waals surface area contributed by atoms with Gasteiger partial charge >= 0.3 is 6.09 Å². The molecule has 5 heteroatoms. The molecule has 0 spiro atoms. The lowest BCUT2D eigenvalue weighted by molar-refractivity contribution is -0.0645. The molecule has 34 heavy (non-hydrogen) atoms. The molecule has 3 atom stereocenters. The van der Waals surface area contributed by atoms with Crippen molar-refractivity contribution in [3.05, 3.63) is 34.4 Å². The van der Waals surface area contributed by atoms with E-state index in [2.05, 4.69) is 52.1 Å². The van der Waals surface area contributed by atoms with Crippen LogP contribution in [0.3, 0.4) is 0 Å². The fourth-order valence-corrected chi connectivity index (χ4v) is 5.40. The Morgan fingerprint density at radius 3 is 2.29 bits per heavy atom. The second-order valence-electron chi connectivity index (χ2n) is 13.0. The lowest BCUT2D eigenvalue weighted by atomic mass is 9.79. The quantitative estimate of drug-likeness (QED) is 0.469. The minimum absolute atomic E-state index is 0.0317. The van der Waals surface area contributed by atoms with Gasteiger partial charge in [0.25, 0.3) is 0 Å². The highest BCUT2D eigenvalue weighted by Crippen LogP contribution is 2.50. The number of ether oxygens (including phenoxy) is 2. The van der Waals surface area contributed by atoms with Crippen molar-refractivity contribution >= 4 is 11.9 Å².